The second kappa shape index (κ2) is 7.45. The summed E-state index contributed by atoms with van der Waals surface area (Å²) in [5.74, 6) is 0.788. The molecule has 0 amide bonds. The third kappa shape index (κ3) is 3.87. The second-order valence-corrected chi connectivity index (χ2v) is 7.72. The maximum absolute atomic E-state index is 11.1. The Morgan fingerprint density at radius 3 is 2.54 bits per heavy atom. The van der Waals surface area contributed by atoms with Crippen LogP contribution in [0.15, 0.2) is 63.8 Å². The van der Waals surface area contributed by atoms with Crippen LogP contribution in [0, 0.1) is 0 Å². The Labute approximate surface area is 155 Å². The molecule has 1 aromatic heterocycles. The van der Waals surface area contributed by atoms with Crippen molar-refractivity contribution in [2.45, 2.75) is 18.4 Å². The summed E-state index contributed by atoms with van der Waals surface area (Å²) >= 11 is 1.50. The summed E-state index contributed by atoms with van der Waals surface area (Å²) in [5, 5.41) is 2.03. The predicted octanol–water partition coefficient (Wildman–Crippen LogP) is 3.72. The Morgan fingerprint density at radius 1 is 1.19 bits per heavy atom. The van der Waals surface area contributed by atoms with Crippen molar-refractivity contribution in [3.05, 3.63) is 58.7 Å². The predicted molar refractivity (Wildman–Crippen MR) is 101 cm³/mol. The Morgan fingerprint density at radius 2 is 1.92 bits per heavy atom. The number of nitrogens with zero attached hydrogens (tertiary/aromatic N) is 2. The van der Waals surface area contributed by atoms with Crippen LogP contribution in [0.4, 0.5) is 5.69 Å². The van der Waals surface area contributed by atoms with Gasteiger partial charge in [-0.15, -0.1) is 11.3 Å². The average molecular weight is 390 g/mol. The van der Waals surface area contributed by atoms with Gasteiger partial charge in [-0.05, 0) is 43.3 Å². The fourth-order valence-corrected chi connectivity index (χ4v) is 4.01. The van der Waals surface area contributed by atoms with E-state index >= 15 is 0 Å². The summed E-state index contributed by atoms with van der Waals surface area (Å²) < 4.78 is 38.7. The minimum atomic E-state index is -4.20. The fourth-order valence-electron chi connectivity index (χ4n) is 2.54. The van der Waals surface area contributed by atoms with Crippen molar-refractivity contribution in [1.29, 1.82) is 0 Å². The quantitative estimate of drug-likeness (QED) is 0.673. The third-order valence-corrected chi connectivity index (χ3v) is 5.57. The Kier molecular flexibility index (Phi) is 5.26. The number of ether oxygens (including phenoxy) is 1. The molecule has 0 aliphatic rings. The van der Waals surface area contributed by atoms with E-state index in [9.17, 15) is 8.42 Å². The van der Waals surface area contributed by atoms with Crippen LogP contribution in [0.1, 0.15) is 6.92 Å². The van der Waals surface area contributed by atoms with E-state index < -0.39 is 10.1 Å². The van der Waals surface area contributed by atoms with Crippen molar-refractivity contribution < 1.29 is 17.7 Å². The molecule has 0 aliphatic carbocycles. The van der Waals surface area contributed by atoms with E-state index in [0.29, 0.717) is 5.69 Å². The largest absolute Gasteiger partial charge is 0.497 e. The number of hydrogen-bond acceptors (Lipinski definition) is 5. The van der Waals surface area contributed by atoms with Crippen molar-refractivity contribution in [2.24, 2.45) is 4.99 Å². The van der Waals surface area contributed by atoms with Gasteiger partial charge in [0.2, 0.25) is 0 Å². The van der Waals surface area contributed by atoms with Gasteiger partial charge >= 0.3 is 0 Å². The van der Waals surface area contributed by atoms with Crippen molar-refractivity contribution >= 4 is 27.1 Å². The SMILES string of the molecule is CCn1c(-c2cccc(OC)c2)csc1=Nc1ccc(S(=O)(=O)O)cc1. The van der Waals surface area contributed by atoms with Crippen LogP contribution in [-0.2, 0) is 16.7 Å². The second-order valence-electron chi connectivity index (χ2n) is 5.46. The zero-order chi connectivity index (χ0) is 18.7. The van der Waals surface area contributed by atoms with Crippen LogP contribution < -0.4 is 9.54 Å². The zero-order valence-electron chi connectivity index (χ0n) is 14.3. The van der Waals surface area contributed by atoms with E-state index in [1.807, 2.05) is 36.6 Å². The third-order valence-electron chi connectivity index (χ3n) is 3.84. The van der Waals surface area contributed by atoms with Gasteiger partial charge in [-0.25, -0.2) is 4.99 Å². The summed E-state index contributed by atoms with van der Waals surface area (Å²) in [5.41, 5.74) is 2.67. The van der Waals surface area contributed by atoms with Gasteiger partial charge in [0.1, 0.15) is 5.75 Å². The summed E-state index contributed by atoms with van der Waals surface area (Å²) in [6.45, 7) is 2.77. The first-order valence-electron chi connectivity index (χ1n) is 7.87. The summed E-state index contributed by atoms with van der Waals surface area (Å²) in [6, 6.07) is 13.6. The van der Waals surface area contributed by atoms with Crippen LogP contribution in [0.3, 0.4) is 0 Å². The molecule has 1 N–H and O–H groups in total. The standard InChI is InChI=1S/C18H18N2O4S2/c1-3-20-17(13-5-4-6-15(11-13)24-2)12-25-18(20)19-14-7-9-16(10-8-14)26(21,22)23/h4-12H,3H2,1-2H3,(H,21,22,23). The Bertz CT molecular complexity index is 1080. The number of methoxy groups -OCH3 is 1. The normalized spacial score (nSPS) is 12.3. The molecule has 0 bridgehead atoms. The molecular formula is C18H18N2O4S2. The lowest BCUT2D eigenvalue weighted by Crippen LogP contribution is -2.14. The van der Waals surface area contributed by atoms with Crippen molar-refractivity contribution in [3.63, 3.8) is 0 Å². The highest BCUT2D eigenvalue weighted by molar-refractivity contribution is 7.85. The lowest BCUT2D eigenvalue weighted by Gasteiger charge is -2.07. The smallest absolute Gasteiger partial charge is 0.294 e. The van der Waals surface area contributed by atoms with Gasteiger partial charge < -0.3 is 9.30 Å². The van der Waals surface area contributed by atoms with Crippen LogP contribution in [0.2, 0.25) is 0 Å². The summed E-state index contributed by atoms with van der Waals surface area (Å²) in [4.78, 5) is 5.24. The van der Waals surface area contributed by atoms with Gasteiger partial charge in [-0.1, -0.05) is 12.1 Å². The van der Waals surface area contributed by atoms with Crippen LogP contribution in [0.25, 0.3) is 11.3 Å². The van der Waals surface area contributed by atoms with Crippen LogP contribution in [0.5, 0.6) is 5.75 Å². The Balaban J connectivity index is 2.04. The van der Waals surface area contributed by atoms with Gasteiger partial charge in [-0.2, -0.15) is 8.42 Å². The maximum atomic E-state index is 11.1. The van der Waals surface area contributed by atoms with Gasteiger partial charge in [0.15, 0.2) is 4.80 Å². The molecule has 0 atom stereocenters. The average Bonchev–Trinajstić information content (AvgIpc) is 3.04. The molecular weight excluding hydrogens is 372 g/mol. The van der Waals surface area contributed by atoms with Crippen molar-refractivity contribution in [1.82, 2.24) is 4.57 Å². The monoisotopic (exact) mass is 390 g/mol. The number of thiazole rings is 1. The fraction of sp³-hybridized carbons (Fsp3) is 0.167. The van der Waals surface area contributed by atoms with E-state index in [4.69, 9.17) is 9.29 Å². The molecule has 1 heterocycles. The first-order valence-corrected chi connectivity index (χ1v) is 10.2. The first kappa shape index (κ1) is 18.4. The summed E-state index contributed by atoms with van der Waals surface area (Å²) in [6.07, 6.45) is 0. The van der Waals surface area contributed by atoms with Gasteiger partial charge in [0, 0.05) is 17.5 Å². The lowest BCUT2D eigenvalue weighted by molar-refractivity contribution is 0.415. The molecule has 136 valence electrons. The number of benzene rings is 2. The minimum absolute atomic E-state index is 0.150. The van der Waals surface area contributed by atoms with Crippen LogP contribution in [-0.4, -0.2) is 24.6 Å². The molecule has 3 aromatic rings. The molecule has 0 unspecified atom stereocenters. The highest BCUT2D eigenvalue weighted by Gasteiger charge is 2.10. The molecule has 0 radical (unpaired) electrons. The first-order chi connectivity index (χ1) is 12.4. The molecule has 0 spiro atoms. The minimum Gasteiger partial charge on any atom is -0.497 e. The van der Waals surface area contributed by atoms with Crippen LogP contribution >= 0.6 is 11.3 Å². The van der Waals surface area contributed by atoms with Crippen molar-refractivity contribution in [2.75, 3.05) is 7.11 Å². The number of rotatable bonds is 5. The highest BCUT2D eigenvalue weighted by atomic mass is 32.2. The van der Waals surface area contributed by atoms with E-state index in [1.165, 1.54) is 23.5 Å². The van der Waals surface area contributed by atoms with Gasteiger partial charge in [-0.3, -0.25) is 4.55 Å². The maximum Gasteiger partial charge on any atom is 0.294 e. The van der Waals surface area contributed by atoms with E-state index in [1.54, 1.807) is 19.2 Å². The topological polar surface area (TPSA) is 80.9 Å². The highest BCUT2D eigenvalue weighted by Crippen LogP contribution is 2.25. The summed E-state index contributed by atoms with van der Waals surface area (Å²) in [7, 11) is -2.56. The van der Waals surface area contributed by atoms with E-state index in [0.717, 1.165) is 28.4 Å². The zero-order valence-corrected chi connectivity index (χ0v) is 15.9. The van der Waals surface area contributed by atoms with E-state index in [-0.39, 0.29) is 4.90 Å². The molecule has 0 saturated heterocycles. The van der Waals surface area contributed by atoms with Crippen molar-refractivity contribution in [3.8, 4) is 17.0 Å². The molecule has 8 heteroatoms. The molecule has 0 fully saturated rings. The lowest BCUT2D eigenvalue weighted by atomic mass is 10.1. The Hall–Kier alpha value is -2.42. The molecule has 0 saturated carbocycles. The number of aromatic nitrogens is 1. The van der Waals surface area contributed by atoms with Gasteiger partial charge in [0.25, 0.3) is 10.1 Å². The molecule has 2 aromatic carbocycles. The van der Waals surface area contributed by atoms with E-state index in [2.05, 4.69) is 9.56 Å². The number of hydrogen-bond donors (Lipinski definition) is 1. The molecule has 26 heavy (non-hydrogen) atoms. The molecule has 0 aliphatic heterocycles. The van der Waals surface area contributed by atoms with Gasteiger partial charge in [0.05, 0.1) is 23.4 Å². The molecule has 3 rings (SSSR count). The molecule has 6 nitrogen and oxygen atoms in total.